The van der Waals surface area contributed by atoms with E-state index in [1.54, 1.807) is 7.11 Å². The summed E-state index contributed by atoms with van der Waals surface area (Å²) in [5.41, 5.74) is 3.10. The van der Waals surface area contributed by atoms with E-state index in [1.165, 1.54) is 10.8 Å². The van der Waals surface area contributed by atoms with Crippen molar-refractivity contribution >= 4 is 43.9 Å². The molecule has 0 unspecified atom stereocenters. The van der Waals surface area contributed by atoms with E-state index >= 15 is 0 Å². The van der Waals surface area contributed by atoms with E-state index in [2.05, 4.69) is 45.5 Å². The van der Waals surface area contributed by atoms with Gasteiger partial charge in [0.25, 0.3) is 0 Å². The van der Waals surface area contributed by atoms with Crippen LogP contribution in [0.3, 0.4) is 0 Å². The van der Waals surface area contributed by atoms with Crippen LogP contribution in [0.15, 0.2) is 64.1 Å². The fourth-order valence-corrected chi connectivity index (χ4v) is 3.29. The Balaban J connectivity index is 1.87. The van der Waals surface area contributed by atoms with Gasteiger partial charge in [-0.25, -0.2) is 4.99 Å². The Morgan fingerprint density at radius 2 is 1.86 bits per heavy atom. The normalized spacial score (nSPS) is 12.7. The lowest BCUT2D eigenvalue weighted by molar-refractivity contribution is 0.412. The number of hydrogen-bond acceptors (Lipinski definition) is 3. The molecule has 0 aliphatic carbocycles. The smallest absolute Gasteiger partial charge is 0.138 e. The van der Waals surface area contributed by atoms with Gasteiger partial charge in [0.15, 0.2) is 0 Å². The lowest BCUT2D eigenvalue weighted by Crippen LogP contribution is -2.16. The minimum Gasteiger partial charge on any atom is -0.496 e. The summed E-state index contributed by atoms with van der Waals surface area (Å²) in [5, 5.41) is 5.79. The van der Waals surface area contributed by atoms with Gasteiger partial charge in [-0.1, -0.05) is 24.3 Å². The number of anilines is 1. The van der Waals surface area contributed by atoms with Crippen LogP contribution in [-0.4, -0.2) is 12.9 Å². The molecule has 4 rings (SSSR count). The molecule has 0 bridgehead atoms. The summed E-state index contributed by atoms with van der Waals surface area (Å²) in [4.78, 5) is 4.77. The van der Waals surface area contributed by atoms with E-state index in [0.29, 0.717) is 0 Å². The van der Waals surface area contributed by atoms with Gasteiger partial charge >= 0.3 is 0 Å². The maximum absolute atomic E-state index is 5.28. The minimum atomic E-state index is 0.808. The molecule has 0 spiro atoms. The lowest BCUT2D eigenvalue weighted by atomic mass is 10.0. The predicted molar refractivity (Wildman–Crippen MR) is 94.5 cm³/mol. The molecular formula is C18H13BrN2O. The summed E-state index contributed by atoms with van der Waals surface area (Å²) in [7, 11) is 1.66. The first kappa shape index (κ1) is 13.3. The molecule has 3 aromatic rings. The molecule has 3 aromatic carbocycles. The zero-order valence-corrected chi connectivity index (χ0v) is 13.5. The largest absolute Gasteiger partial charge is 0.496 e. The predicted octanol–water partition coefficient (Wildman–Crippen LogP) is 5.11. The Labute approximate surface area is 136 Å². The zero-order chi connectivity index (χ0) is 15.1. The van der Waals surface area contributed by atoms with E-state index in [0.717, 1.165) is 33.0 Å². The topological polar surface area (TPSA) is 33.6 Å². The van der Waals surface area contributed by atoms with Crippen LogP contribution >= 0.6 is 15.9 Å². The van der Waals surface area contributed by atoms with Crippen molar-refractivity contribution in [2.45, 2.75) is 0 Å². The standard InChI is InChI=1S/C18H13BrN2O/c1-22-16-9-8-12(10-13(16)19)18-20-14-6-2-4-11-5-3-7-15(21-18)17(11)14/h2-10H,1H3,(H,20,21). The van der Waals surface area contributed by atoms with Gasteiger partial charge in [0.05, 0.1) is 17.3 Å². The maximum Gasteiger partial charge on any atom is 0.138 e. The van der Waals surface area contributed by atoms with Gasteiger partial charge in [0.1, 0.15) is 11.6 Å². The average molecular weight is 353 g/mol. The first-order valence-electron chi connectivity index (χ1n) is 6.97. The van der Waals surface area contributed by atoms with E-state index in [9.17, 15) is 0 Å². The second-order valence-corrected chi connectivity index (χ2v) is 5.97. The first-order valence-corrected chi connectivity index (χ1v) is 7.77. The Bertz CT molecular complexity index is 913. The number of rotatable bonds is 2. The number of benzene rings is 3. The number of hydrogen-bond donors (Lipinski definition) is 1. The van der Waals surface area contributed by atoms with Crippen molar-refractivity contribution in [2.75, 3.05) is 12.4 Å². The van der Waals surface area contributed by atoms with Crippen molar-refractivity contribution in [3.05, 3.63) is 64.6 Å². The molecule has 0 atom stereocenters. The van der Waals surface area contributed by atoms with Crippen molar-refractivity contribution in [3.63, 3.8) is 0 Å². The van der Waals surface area contributed by atoms with Crippen molar-refractivity contribution < 1.29 is 4.74 Å². The molecule has 3 nitrogen and oxygen atoms in total. The maximum atomic E-state index is 5.28. The van der Waals surface area contributed by atoms with E-state index in [4.69, 9.17) is 9.73 Å². The summed E-state index contributed by atoms with van der Waals surface area (Å²) in [6.45, 7) is 0. The van der Waals surface area contributed by atoms with Crippen LogP contribution in [-0.2, 0) is 0 Å². The van der Waals surface area contributed by atoms with Gasteiger partial charge in [-0.2, -0.15) is 0 Å². The molecule has 0 saturated heterocycles. The monoisotopic (exact) mass is 352 g/mol. The molecule has 22 heavy (non-hydrogen) atoms. The third-order valence-electron chi connectivity index (χ3n) is 3.79. The number of methoxy groups -OCH3 is 1. The molecule has 108 valence electrons. The van der Waals surface area contributed by atoms with Crippen LogP contribution in [0.4, 0.5) is 11.4 Å². The lowest BCUT2D eigenvalue weighted by Gasteiger charge is -2.19. The highest BCUT2D eigenvalue weighted by atomic mass is 79.9. The zero-order valence-electron chi connectivity index (χ0n) is 11.9. The SMILES string of the molecule is COc1ccc(C2=Nc3cccc4cccc(c34)N2)cc1Br. The van der Waals surface area contributed by atoms with Crippen LogP contribution in [0.5, 0.6) is 5.75 Å². The van der Waals surface area contributed by atoms with Crippen LogP contribution < -0.4 is 10.1 Å². The third kappa shape index (κ3) is 2.07. The fourth-order valence-electron chi connectivity index (χ4n) is 2.74. The number of aliphatic imine (C=N–C) groups is 1. The van der Waals surface area contributed by atoms with Gasteiger partial charge < -0.3 is 10.1 Å². The summed E-state index contributed by atoms with van der Waals surface area (Å²) in [5.74, 6) is 1.65. The fraction of sp³-hybridized carbons (Fsp3) is 0.0556. The Morgan fingerprint density at radius 3 is 2.64 bits per heavy atom. The molecule has 4 heteroatoms. The van der Waals surface area contributed by atoms with Crippen molar-refractivity contribution in [1.29, 1.82) is 0 Å². The average Bonchev–Trinajstić information content (AvgIpc) is 2.55. The Morgan fingerprint density at radius 1 is 1.05 bits per heavy atom. The molecule has 0 aromatic heterocycles. The van der Waals surface area contributed by atoms with Crippen molar-refractivity contribution in [2.24, 2.45) is 4.99 Å². The van der Waals surface area contributed by atoms with Gasteiger partial charge in [0.2, 0.25) is 0 Å². The highest BCUT2D eigenvalue weighted by molar-refractivity contribution is 9.10. The molecule has 1 aliphatic rings. The van der Waals surface area contributed by atoms with Gasteiger partial charge in [-0.15, -0.1) is 0 Å². The number of amidine groups is 1. The van der Waals surface area contributed by atoms with E-state index < -0.39 is 0 Å². The number of nitrogens with one attached hydrogen (secondary N) is 1. The van der Waals surface area contributed by atoms with Crippen molar-refractivity contribution in [3.8, 4) is 5.75 Å². The second kappa shape index (κ2) is 5.14. The third-order valence-corrected chi connectivity index (χ3v) is 4.41. The Kier molecular flexibility index (Phi) is 3.12. The summed E-state index contributed by atoms with van der Waals surface area (Å²) in [6.07, 6.45) is 0. The van der Waals surface area contributed by atoms with Gasteiger partial charge in [0, 0.05) is 16.6 Å². The summed E-state index contributed by atoms with van der Waals surface area (Å²) in [6, 6.07) is 18.4. The minimum absolute atomic E-state index is 0.808. The number of nitrogens with zero attached hydrogens (tertiary/aromatic N) is 1. The summed E-state index contributed by atoms with van der Waals surface area (Å²) < 4.78 is 6.19. The Hall–Kier alpha value is -2.33. The molecule has 0 saturated carbocycles. The highest BCUT2D eigenvalue weighted by Gasteiger charge is 2.16. The molecule has 1 heterocycles. The highest BCUT2D eigenvalue weighted by Crippen LogP contribution is 2.37. The number of ether oxygens (including phenoxy) is 1. The van der Waals surface area contributed by atoms with Crippen LogP contribution in [0, 0.1) is 0 Å². The molecule has 0 amide bonds. The second-order valence-electron chi connectivity index (χ2n) is 5.12. The molecule has 0 fully saturated rings. The molecule has 1 aliphatic heterocycles. The first-order chi connectivity index (χ1) is 10.8. The molecule has 1 N–H and O–H groups in total. The summed E-state index contributed by atoms with van der Waals surface area (Å²) >= 11 is 3.53. The quantitative estimate of drug-likeness (QED) is 0.694. The molecule has 0 radical (unpaired) electrons. The van der Waals surface area contributed by atoms with E-state index in [1.807, 2.05) is 30.3 Å². The van der Waals surface area contributed by atoms with Gasteiger partial charge in [-0.05, 0) is 51.6 Å². The molecular weight excluding hydrogens is 340 g/mol. The van der Waals surface area contributed by atoms with Gasteiger partial charge in [-0.3, -0.25) is 0 Å². The van der Waals surface area contributed by atoms with Crippen LogP contribution in [0.25, 0.3) is 10.8 Å². The number of halogens is 1. The van der Waals surface area contributed by atoms with Crippen LogP contribution in [0.1, 0.15) is 5.56 Å². The van der Waals surface area contributed by atoms with Crippen LogP contribution in [0.2, 0.25) is 0 Å². The van der Waals surface area contributed by atoms with E-state index in [-0.39, 0.29) is 0 Å². The van der Waals surface area contributed by atoms with Crippen molar-refractivity contribution in [1.82, 2.24) is 0 Å².